The molecular weight excluding hydrogens is 242 g/mol. The zero-order valence-electron chi connectivity index (χ0n) is 9.38. The van der Waals surface area contributed by atoms with E-state index < -0.39 is 4.92 Å². The Labute approximate surface area is 103 Å². The third kappa shape index (κ3) is 3.83. The molecule has 5 nitrogen and oxygen atoms in total. The lowest BCUT2D eigenvalue weighted by atomic mass is 10.1. The standard InChI is InChI=1S/C11H13NO4S/c1-8(14)10-4-3-9(17-6-2-5-13)7-11(10)12(15)16/h3-4,7,13H,2,5-6H2,1H3. The van der Waals surface area contributed by atoms with Crippen molar-refractivity contribution in [2.24, 2.45) is 0 Å². The molecule has 0 saturated heterocycles. The number of aliphatic hydroxyl groups is 1. The van der Waals surface area contributed by atoms with Crippen molar-refractivity contribution in [1.82, 2.24) is 0 Å². The summed E-state index contributed by atoms with van der Waals surface area (Å²) in [5.41, 5.74) is -0.0343. The van der Waals surface area contributed by atoms with Crippen molar-refractivity contribution in [3.63, 3.8) is 0 Å². The lowest BCUT2D eigenvalue weighted by Crippen LogP contribution is -2.00. The van der Waals surface area contributed by atoms with Crippen LogP contribution in [0.3, 0.4) is 0 Å². The van der Waals surface area contributed by atoms with Gasteiger partial charge in [-0.1, -0.05) is 0 Å². The van der Waals surface area contributed by atoms with Crippen molar-refractivity contribution >= 4 is 23.2 Å². The zero-order chi connectivity index (χ0) is 12.8. The molecule has 0 unspecified atom stereocenters. The summed E-state index contributed by atoms with van der Waals surface area (Å²) < 4.78 is 0. The van der Waals surface area contributed by atoms with Gasteiger partial charge in [-0.25, -0.2) is 0 Å². The average Bonchev–Trinajstić information content (AvgIpc) is 2.29. The van der Waals surface area contributed by atoms with E-state index in [2.05, 4.69) is 0 Å². The number of aliphatic hydroxyl groups excluding tert-OH is 1. The number of nitro groups is 1. The molecule has 92 valence electrons. The van der Waals surface area contributed by atoms with E-state index in [-0.39, 0.29) is 23.6 Å². The molecule has 0 amide bonds. The first kappa shape index (κ1) is 13.7. The van der Waals surface area contributed by atoms with Gasteiger partial charge in [0.15, 0.2) is 5.78 Å². The minimum atomic E-state index is -0.549. The van der Waals surface area contributed by atoms with Crippen LogP contribution in [0.25, 0.3) is 0 Å². The van der Waals surface area contributed by atoms with E-state index in [9.17, 15) is 14.9 Å². The lowest BCUT2D eigenvalue weighted by Gasteiger charge is -2.03. The molecule has 0 bridgehead atoms. The van der Waals surface area contributed by atoms with Crippen LogP contribution in [0.4, 0.5) is 5.69 Å². The largest absolute Gasteiger partial charge is 0.396 e. The smallest absolute Gasteiger partial charge is 0.281 e. The number of ketones is 1. The molecule has 0 radical (unpaired) electrons. The van der Waals surface area contributed by atoms with E-state index in [1.807, 2.05) is 0 Å². The van der Waals surface area contributed by atoms with E-state index in [0.717, 1.165) is 4.90 Å². The fourth-order valence-corrected chi connectivity index (χ4v) is 2.17. The maximum absolute atomic E-state index is 11.2. The normalized spacial score (nSPS) is 10.2. The predicted molar refractivity (Wildman–Crippen MR) is 65.5 cm³/mol. The summed E-state index contributed by atoms with van der Waals surface area (Å²) in [5.74, 6) is 0.371. The molecule has 1 aromatic rings. The molecule has 0 fully saturated rings. The van der Waals surface area contributed by atoms with Gasteiger partial charge < -0.3 is 5.11 Å². The van der Waals surface area contributed by atoms with Crippen LogP contribution in [-0.4, -0.2) is 28.2 Å². The van der Waals surface area contributed by atoms with Crippen molar-refractivity contribution in [2.45, 2.75) is 18.2 Å². The molecule has 1 rings (SSSR count). The maximum atomic E-state index is 11.2. The molecule has 0 atom stereocenters. The first-order chi connectivity index (χ1) is 8.06. The molecule has 0 heterocycles. The number of nitrogens with zero attached hydrogens (tertiary/aromatic N) is 1. The number of carbonyl (C=O) groups is 1. The maximum Gasteiger partial charge on any atom is 0.281 e. The summed E-state index contributed by atoms with van der Waals surface area (Å²) in [5, 5.41) is 19.5. The number of hydrogen-bond acceptors (Lipinski definition) is 5. The summed E-state index contributed by atoms with van der Waals surface area (Å²) in [6.45, 7) is 1.40. The van der Waals surface area contributed by atoms with Crippen LogP contribution in [0.1, 0.15) is 23.7 Å². The van der Waals surface area contributed by atoms with Crippen molar-refractivity contribution in [1.29, 1.82) is 0 Å². The number of carbonyl (C=O) groups excluding carboxylic acids is 1. The lowest BCUT2D eigenvalue weighted by molar-refractivity contribution is -0.385. The Kier molecular flexibility index (Phi) is 5.11. The summed E-state index contributed by atoms with van der Waals surface area (Å²) in [4.78, 5) is 22.2. The number of benzene rings is 1. The Morgan fingerprint density at radius 3 is 2.76 bits per heavy atom. The molecule has 0 aliphatic heterocycles. The Bertz CT molecular complexity index is 433. The van der Waals surface area contributed by atoms with E-state index in [1.54, 1.807) is 6.07 Å². The van der Waals surface area contributed by atoms with Crippen LogP contribution in [0.2, 0.25) is 0 Å². The highest BCUT2D eigenvalue weighted by molar-refractivity contribution is 7.99. The van der Waals surface area contributed by atoms with Crippen LogP contribution in [0.5, 0.6) is 0 Å². The number of nitro benzene ring substituents is 1. The topological polar surface area (TPSA) is 80.4 Å². The minimum Gasteiger partial charge on any atom is -0.396 e. The first-order valence-electron chi connectivity index (χ1n) is 5.09. The van der Waals surface area contributed by atoms with Gasteiger partial charge in [0.1, 0.15) is 0 Å². The number of rotatable bonds is 6. The quantitative estimate of drug-likeness (QED) is 0.277. The average molecular weight is 255 g/mol. The summed E-state index contributed by atoms with van der Waals surface area (Å²) in [7, 11) is 0. The van der Waals surface area contributed by atoms with Gasteiger partial charge in [0.25, 0.3) is 5.69 Å². The van der Waals surface area contributed by atoms with Gasteiger partial charge in [-0.2, -0.15) is 0 Å². The molecule has 0 spiro atoms. The van der Waals surface area contributed by atoms with E-state index in [1.165, 1.54) is 30.8 Å². The van der Waals surface area contributed by atoms with Crippen LogP contribution in [0, 0.1) is 10.1 Å². The summed E-state index contributed by atoms with van der Waals surface area (Å²) in [6.07, 6.45) is 0.632. The fraction of sp³-hybridized carbons (Fsp3) is 0.364. The van der Waals surface area contributed by atoms with E-state index >= 15 is 0 Å². The monoisotopic (exact) mass is 255 g/mol. The van der Waals surface area contributed by atoms with Gasteiger partial charge in [-0.3, -0.25) is 14.9 Å². The van der Waals surface area contributed by atoms with E-state index in [4.69, 9.17) is 5.11 Å². The number of hydrogen-bond donors (Lipinski definition) is 1. The van der Waals surface area contributed by atoms with Crippen molar-refractivity contribution in [3.8, 4) is 0 Å². The molecule has 1 N–H and O–H groups in total. The zero-order valence-corrected chi connectivity index (χ0v) is 10.2. The molecule has 17 heavy (non-hydrogen) atoms. The van der Waals surface area contributed by atoms with Crippen molar-refractivity contribution in [3.05, 3.63) is 33.9 Å². The number of Topliss-reactive ketones (excluding diaryl/α,β-unsaturated/α-hetero) is 1. The van der Waals surface area contributed by atoms with Gasteiger partial charge in [-0.05, 0) is 25.5 Å². The minimum absolute atomic E-state index is 0.0978. The Balaban J connectivity index is 2.94. The van der Waals surface area contributed by atoms with Crippen LogP contribution in [0.15, 0.2) is 23.1 Å². The van der Waals surface area contributed by atoms with Gasteiger partial charge >= 0.3 is 0 Å². The second kappa shape index (κ2) is 6.36. The van der Waals surface area contributed by atoms with Gasteiger partial charge in [0.05, 0.1) is 10.5 Å². The Hall–Kier alpha value is -1.40. The van der Waals surface area contributed by atoms with Gasteiger partial charge in [0, 0.05) is 23.3 Å². The number of thioether (sulfide) groups is 1. The van der Waals surface area contributed by atoms with E-state index in [0.29, 0.717) is 12.2 Å². The van der Waals surface area contributed by atoms with Crippen LogP contribution in [-0.2, 0) is 0 Å². The molecule has 0 aromatic heterocycles. The Morgan fingerprint density at radius 2 is 2.24 bits per heavy atom. The van der Waals surface area contributed by atoms with Crippen LogP contribution < -0.4 is 0 Å². The van der Waals surface area contributed by atoms with Gasteiger partial charge in [-0.15, -0.1) is 11.8 Å². The first-order valence-corrected chi connectivity index (χ1v) is 6.08. The predicted octanol–water partition coefficient (Wildman–Crippen LogP) is 2.27. The third-order valence-electron chi connectivity index (χ3n) is 2.12. The van der Waals surface area contributed by atoms with Crippen molar-refractivity contribution < 1.29 is 14.8 Å². The highest BCUT2D eigenvalue weighted by atomic mass is 32.2. The summed E-state index contributed by atoms with van der Waals surface area (Å²) in [6, 6.07) is 4.56. The molecule has 0 saturated carbocycles. The summed E-state index contributed by atoms with van der Waals surface area (Å²) >= 11 is 1.42. The molecule has 6 heteroatoms. The molecule has 0 aliphatic carbocycles. The third-order valence-corrected chi connectivity index (χ3v) is 3.20. The second-order valence-corrected chi connectivity index (χ2v) is 4.59. The fourth-order valence-electron chi connectivity index (χ4n) is 1.30. The van der Waals surface area contributed by atoms with Crippen molar-refractivity contribution in [2.75, 3.05) is 12.4 Å². The van der Waals surface area contributed by atoms with Gasteiger partial charge in [0.2, 0.25) is 0 Å². The Morgan fingerprint density at radius 1 is 1.53 bits per heavy atom. The molecule has 1 aromatic carbocycles. The second-order valence-electron chi connectivity index (χ2n) is 3.42. The molecule has 0 aliphatic rings. The SMILES string of the molecule is CC(=O)c1ccc(SCCCO)cc1[N+](=O)[O-]. The molecular formula is C11H13NO4S. The van der Waals surface area contributed by atoms with Crippen LogP contribution >= 0.6 is 11.8 Å². The highest BCUT2D eigenvalue weighted by Crippen LogP contribution is 2.27. The highest BCUT2D eigenvalue weighted by Gasteiger charge is 2.17.